The smallest absolute Gasteiger partial charge is 0.320 e. The maximum atomic E-state index is 10.4. The number of hydrogen-bond donors (Lipinski definition) is 2. The van der Waals surface area contributed by atoms with Crippen molar-refractivity contribution in [2.24, 2.45) is 5.92 Å². The van der Waals surface area contributed by atoms with Gasteiger partial charge in [0.25, 0.3) is 0 Å². The minimum absolute atomic E-state index is 0.400. The van der Waals surface area contributed by atoms with Crippen LogP contribution in [-0.4, -0.2) is 23.2 Å². The first-order chi connectivity index (χ1) is 5.11. The summed E-state index contributed by atoms with van der Waals surface area (Å²) in [5, 5.41) is 11.6. The summed E-state index contributed by atoms with van der Waals surface area (Å²) in [4.78, 5) is 10.4. The Bertz CT molecular complexity index is 158. The van der Waals surface area contributed by atoms with E-state index in [-0.39, 0.29) is 0 Å². The van der Waals surface area contributed by atoms with Crippen molar-refractivity contribution in [3.8, 4) is 0 Å². The van der Waals surface area contributed by atoms with Gasteiger partial charge in [0.2, 0.25) is 0 Å². The highest BCUT2D eigenvalue weighted by Crippen LogP contribution is 2.26. The predicted octanol–water partition coefficient (Wildman–Crippen LogP) is 0.848. The van der Waals surface area contributed by atoms with Gasteiger partial charge in [-0.3, -0.25) is 4.79 Å². The number of hydrogen-bond acceptors (Lipinski definition) is 2. The van der Waals surface area contributed by atoms with Gasteiger partial charge in [-0.05, 0) is 25.7 Å². The fourth-order valence-electron chi connectivity index (χ4n) is 1.31. The summed E-state index contributed by atoms with van der Waals surface area (Å²) in [6.07, 6.45) is 2.35. The van der Waals surface area contributed by atoms with E-state index in [2.05, 4.69) is 12.2 Å². The van der Waals surface area contributed by atoms with Gasteiger partial charge in [0.15, 0.2) is 0 Å². The lowest BCUT2D eigenvalue weighted by molar-refractivity contribution is -0.139. The number of nitrogens with one attached hydrogen (secondary N) is 1. The Labute approximate surface area is 66.8 Å². The molecule has 11 heavy (non-hydrogen) atoms. The summed E-state index contributed by atoms with van der Waals surface area (Å²) < 4.78 is 0. The molecule has 1 aliphatic carbocycles. The van der Waals surface area contributed by atoms with Crippen LogP contribution in [0.25, 0.3) is 0 Å². The second-order valence-electron chi connectivity index (χ2n) is 3.39. The molecule has 1 rings (SSSR count). The molecule has 2 N–H and O–H groups in total. The molecular weight excluding hydrogens is 142 g/mol. The van der Waals surface area contributed by atoms with Crippen LogP contribution in [0, 0.1) is 5.92 Å². The minimum Gasteiger partial charge on any atom is -0.480 e. The molecule has 3 nitrogen and oxygen atoms in total. The van der Waals surface area contributed by atoms with Crippen molar-refractivity contribution in [1.82, 2.24) is 5.32 Å². The van der Waals surface area contributed by atoms with E-state index in [0.29, 0.717) is 12.0 Å². The largest absolute Gasteiger partial charge is 0.480 e. The Balaban J connectivity index is 2.25. The number of carboxylic acids is 1. The van der Waals surface area contributed by atoms with Crippen LogP contribution in [0.1, 0.15) is 26.7 Å². The van der Waals surface area contributed by atoms with E-state index in [1.807, 2.05) is 0 Å². The van der Waals surface area contributed by atoms with Gasteiger partial charge in [0.05, 0.1) is 0 Å². The molecule has 64 valence electrons. The molecule has 0 radical (unpaired) electrons. The zero-order valence-corrected chi connectivity index (χ0v) is 7.00. The molecule has 0 bridgehead atoms. The summed E-state index contributed by atoms with van der Waals surface area (Å²) in [6.45, 7) is 3.84. The third-order valence-electron chi connectivity index (χ3n) is 2.45. The van der Waals surface area contributed by atoms with Gasteiger partial charge in [-0.25, -0.2) is 0 Å². The second kappa shape index (κ2) is 3.22. The first-order valence-corrected chi connectivity index (χ1v) is 4.10. The van der Waals surface area contributed by atoms with Crippen molar-refractivity contribution < 1.29 is 9.90 Å². The standard InChI is InChI=1S/C8H15NO2/c1-5-3-4-7(5)9-6(2)8(10)11/h5-7,9H,3-4H2,1-2H3,(H,10,11)/t5?,6-,7?/m0/s1. The summed E-state index contributed by atoms with van der Waals surface area (Å²) in [5.74, 6) is -0.110. The molecule has 1 aliphatic rings. The lowest BCUT2D eigenvalue weighted by Crippen LogP contribution is -2.49. The molecule has 0 aromatic heterocycles. The van der Waals surface area contributed by atoms with Crippen LogP contribution in [0.5, 0.6) is 0 Å². The molecule has 0 aromatic rings. The van der Waals surface area contributed by atoms with Crippen LogP contribution in [-0.2, 0) is 4.79 Å². The second-order valence-corrected chi connectivity index (χ2v) is 3.39. The maximum absolute atomic E-state index is 10.4. The van der Waals surface area contributed by atoms with E-state index in [0.717, 1.165) is 6.42 Å². The van der Waals surface area contributed by atoms with Gasteiger partial charge >= 0.3 is 5.97 Å². The van der Waals surface area contributed by atoms with Crippen LogP contribution in [0.3, 0.4) is 0 Å². The number of carboxylic acid groups (broad SMARTS) is 1. The topological polar surface area (TPSA) is 49.3 Å². The summed E-state index contributed by atoms with van der Waals surface area (Å²) in [5.41, 5.74) is 0. The Morgan fingerprint density at radius 3 is 2.55 bits per heavy atom. The molecule has 0 aromatic carbocycles. The quantitative estimate of drug-likeness (QED) is 0.638. The van der Waals surface area contributed by atoms with E-state index in [1.165, 1.54) is 6.42 Å². The average Bonchev–Trinajstić information content (AvgIpc) is 1.96. The maximum Gasteiger partial charge on any atom is 0.320 e. The molecule has 1 fully saturated rings. The summed E-state index contributed by atoms with van der Waals surface area (Å²) >= 11 is 0. The zero-order valence-electron chi connectivity index (χ0n) is 7.00. The Hall–Kier alpha value is -0.570. The third kappa shape index (κ3) is 1.93. The van der Waals surface area contributed by atoms with Crippen LogP contribution >= 0.6 is 0 Å². The first-order valence-electron chi connectivity index (χ1n) is 4.10. The Kier molecular flexibility index (Phi) is 2.49. The lowest BCUT2D eigenvalue weighted by Gasteiger charge is -2.35. The molecule has 3 heteroatoms. The minimum atomic E-state index is -0.760. The monoisotopic (exact) mass is 157 g/mol. The highest BCUT2D eigenvalue weighted by molar-refractivity contribution is 5.72. The molecule has 0 aliphatic heterocycles. The highest BCUT2D eigenvalue weighted by Gasteiger charge is 2.28. The van der Waals surface area contributed by atoms with Gasteiger partial charge < -0.3 is 10.4 Å². The molecule has 1 saturated carbocycles. The summed E-state index contributed by atoms with van der Waals surface area (Å²) in [7, 11) is 0. The SMILES string of the molecule is CC1CCC1N[C@@H](C)C(=O)O. The Morgan fingerprint density at radius 1 is 1.64 bits per heavy atom. The van der Waals surface area contributed by atoms with Gasteiger partial charge in [-0.1, -0.05) is 6.92 Å². The van der Waals surface area contributed by atoms with Crippen molar-refractivity contribution in [2.45, 2.75) is 38.8 Å². The average molecular weight is 157 g/mol. The van der Waals surface area contributed by atoms with E-state index in [1.54, 1.807) is 6.92 Å². The fraction of sp³-hybridized carbons (Fsp3) is 0.875. The van der Waals surface area contributed by atoms with Crippen molar-refractivity contribution in [1.29, 1.82) is 0 Å². The van der Waals surface area contributed by atoms with Crippen molar-refractivity contribution in [2.75, 3.05) is 0 Å². The van der Waals surface area contributed by atoms with Crippen LogP contribution in [0.2, 0.25) is 0 Å². The van der Waals surface area contributed by atoms with E-state index in [4.69, 9.17) is 5.11 Å². The van der Waals surface area contributed by atoms with Gasteiger partial charge in [0, 0.05) is 6.04 Å². The molecule has 3 atom stereocenters. The van der Waals surface area contributed by atoms with Crippen molar-refractivity contribution in [3.05, 3.63) is 0 Å². The Morgan fingerprint density at radius 2 is 2.27 bits per heavy atom. The molecule has 0 heterocycles. The van der Waals surface area contributed by atoms with E-state index >= 15 is 0 Å². The van der Waals surface area contributed by atoms with Gasteiger partial charge in [-0.2, -0.15) is 0 Å². The lowest BCUT2D eigenvalue weighted by atomic mass is 9.81. The summed E-state index contributed by atoms with van der Waals surface area (Å²) in [6, 6.07) is 0.0313. The van der Waals surface area contributed by atoms with E-state index in [9.17, 15) is 4.79 Å². The van der Waals surface area contributed by atoms with Gasteiger partial charge in [-0.15, -0.1) is 0 Å². The molecular formula is C8H15NO2. The highest BCUT2D eigenvalue weighted by atomic mass is 16.4. The predicted molar refractivity (Wildman–Crippen MR) is 42.4 cm³/mol. The normalized spacial score (nSPS) is 32.5. The molecule has 2 unspecified atom stereocenters. The van der Waals surface area contributed by atoms with Crippen LogP contribution < -0.4 is 5.32 Å². The molecule has 0 amide bonds. The number of rotatable bonds is 3. The van der Waals surface area contributed by atoms with Crippen molar-refractivity contribution >= 4 is 5.97 Å². The molecule has 0 spiro atoms. The number of carbonyl (C=O) groups is 1. The van der Waals surface area contributed by atoms with Crippen LogP contribution in [0.15, 0.2) is 0 Å². The van der Waals surface area contributed by atoms with Gasteiger partial charge in [0.1, 0.15) is 6.04 Å². The number of aliphatic carboxylic acids is 1. The first kappa shape index (κ1) is 8.53. The third-order valence-corrected chi connectivity index (χ3v) is 2.45. The zero-order chi connectivity index (χ0) is 8.43. The van der Waals surface area contributed by atoms with Crippen LogP contribution in [0.4, 0.5) is 0 Å². The fourth-order valence-corrected chi connectivity index (χ4v) is 1.31. The molecule has 0 saturated heterocycles. The van der Waals surface area contributed by atoms with Crippen molar-refractivity contribution in [3.63, 3.8) is 0 Å². The van der Waals surface area contributed by atoms with E-state index < -0.39 is 12.0 Å².